The monoisotopic (exact) mass is 171 g/mol. The number of anilines is 1. The molecule has 5 nitrogen and oxygen atoms in total. The lowest BCUT2D eigenvalue weighted by Crippen LogP contribution is -1.94. The summed E-state index contributed by atoms with van der Waals surface area (Å²) in [5, 5.41) is 0.257. The Kier molecular flexibility index (Phi) is 0.995. The van der Waals surface area contributed by atoms with Crippen molar-refractivity contribution in [1.29, 1.82) is 0 Å². The average Bonchev–Trinajstić information content (AvgIpc) is 2.52. The average molecular weight is 172 g/mol. The number of aromatic nitrogens is 4. The van der Waals surface area contributed by atoms with E-state index in [1.165, 1.54) is 6.33 Å². The molecule has 0 radical (unpaired) electrons. The Bertz CT molecular complexity index is 413. The first-order valence-electron chi connectivity index (χ1n) is 3.35. The van der Waals surface area contributed by atoms with Crippen molar-refractivity contribution in [1.82, 2.24) is 19.9 Å². The van der Waals surface area contributed by atoms with Gasteiger partial charge < -0.3 is 10.7 Å². The van der Waals surface area contributed by atoms with Crippen molar-refractivity contribution < 1.29 is 1.41 Å². The molecule has 3 N–H and O–H groups in total. The van der Waals surface area contributed by atoms with Crippen LogP contribution in [0.15, 0.2) is 6.33 Å². The van der Waals surface area contributed by atoms with Crippen molar-refractivity contribution in [3.8, 4) is 0 Å². The van der Waals surface area contributed by atoms with Crippen molar-refractivity contribution in [2.24, 2.45) is 0 Å². The third kappa shape index (κ3) is 0.894. The topological polar surface area (TPSA) is 80.5 Å². The largest absolute Gasteiger partial charge is 0.368 e. The molecule has 2 rings (SSSR count). The molecule has 0 saturated carbocycles. The molecular weight excluding hydrogens is 166 g/mol. The predicted molar refractivity (Wildman–Crippen MR) is 41.1 cm³/mol. The second kappa shape index (κ2) is 2.06. The van der Waals surface area contributed by atoms with E-state index in [2.05, 4.69) is 19.9 Å². The van der Waals surface area contributed by atoms with Crippen LogP contribution in [0.1, 0.15) is 0 Å². The van der Waals surface area contributed by atoms with Crippen LogP contribution in [-0.2, 0) is 0 Å². The molecule has 0 fully saturated rings. The zero-order valence-electron chi connectivity index (χ0n) is 6.30. The Balaban J connectivity index is 2.75. The van der Waals surface area contributed by atoms with Gasteiger partial charge in [-0.05, 0) is 0 Å². The lowest BCUT2D eigenvalue weighted by molar-refractivity contribution is 1.22. The fourth-order valence-corrected chi connectivity index (χ4v) is 1.02. The Morgan fingerprint density at radius 3 is 3.36 bits per heavy atom. The minimum Gasteiger partial charge on any atom is -0.368 e. The minimum atomic E-state index is 0.139. The number of nitrogens with zero attached hydrogens (tertiary/aromatic N) is 3. The van der Waals surface area contributed by atoms with Crippen molar-refractivity contribution in [2.45, 2.75) is 0 Å². The van der Waals surface area contributed by atoms with Gasteiger partial charge in [0.1, 0.15) is 5.52 Å². The molecule has 2 aromatic heterocycles. The number of hydrogen-bond donors (Lipinski definition) is 2. The summed E-state index contributed by atoms with van der Waals surface area (Å²) in [5.74, 6) is 0.139. The first-order chi connectivity index (χ1) is 5.81. The number of aromatic amines is 1. The first kappa shape index (κ1) is 5.31. The summed E-state index contributed by atoms with van der Waals surface area (Å²) < 4.78 is 6.80. The number of fused-ring (bicyclic) bond motifs is 1. The number of nitrogens with one attached hydrogen (secondary N) is 1. The van der Waals surface area contributed by atoms with Crippen LogP contribution in [0, 0.1) is 0 Å². The van der Waals surface area contributed by atoms with E-state index in [1.807, 2.05) is 5.73 Å². The maximum Gasteiger partial charge on any atom is 0.223 e. The van der Waals surface area contributed by atoms with E-state index in [0.717, 1.165) is 0 Å². The van der Waals surface area contributed by atoms with Crippen LogP contribution in [0.5, 0.6) is 0 Å². The number of imidazole rings is 1. The summed E-state index contributed by atoms with van der Waals surface area (Å²) in [7, 11) is 0. The number of nitrogen functional groups attached to an aromatic ring is 1. The SMILES string of the molecule is [3H]Nc1nc(Cl)c2[nH]cnc2n1. The van der Waals surface area contributed by atoms with E-state index < -0.39 is 0 Å². The first-order valence-corrected chi connectivity index (χ1v) is 3.23. The molecule has 11 heavy (non-hydrogen) atoms. The quantitative estimate of drug-likeness (QED) is 0.616. The van der Waals surface area contributed by atoms with Crippen LogP contribution in [-0.4, -0.2) is 19.9 Å². The predicted octanol–water partition coefficient (Wildman–Crippen LogP) is 0.588. The molecule has 2 heterocycles. The number of rotatable bonds is 1. The van der Waals surface area contributed by atoms with Gasteiger partial charge in [0, 0.05) is 0 Å². The second-order valence-corrected chi connectivity index (χ2v) is 2.30. The van der Waals surface area contributed by atoms with E-state index in [9.17, 15) is 0 Å². The smallest absolute Gasteiger partial charge is 0.223 e. The van der Waals surface area contributed by atoms with Gasteiger partial charge in [-0.1, -0.05) is 11.6 Å². The van der Waals surface area contributed by atoms with Gasteiger partial charge in [-0.3, -0.25) is 0 Å². The number of H-pyrrole nitrogens is 1. The fourth-order valence-electron chi connectivity index (χ4n) is 0.798. The van der Waals surface area contributed by atoms with E-state index >= 15 is 0 Å². The molecule has 0 aromatic carbocycles. The molecule has 56 valence electrons. The second-order valence-electron chi connectivity index (χ2n) is 1.94. The fraction of sp³-hybridized carbons (Fsp3) is 0. The molecular formula is C5H4ClN5. The molecule has 2 aromatic rings. The van der Waals surface area contributed by atoms with Crippen LogP contribution in [0.25, 0.3) is 11.2 Å². The molecule has 0 aliphatic rings. The Hall–Kier alpha value is -1.36. The highest BCUT2D eigenvalue weighted by molar-refractivity contribution is 6.33. The van der Waals surface area contributed by atoms with Crippen LogP contribution < -0.4 is 5.73 Å². The molecule has 0 unspecified atom stereocenters. The van der Waals surface area contributed by atoms with Gasteiger partial charge in [0.2, 0.25) is 5.95 Å². The van der Waals surface area contributed by atoms with Crippen molar-refractivity contribution in [2.75, 3.05) is 5.73 Å². The molecule has 0 amide bonds. The summed E-state index contributed by atoms with van der Waals surface area (Å²) in [5.41, 5.74) is 3.07. The van der Waals surface area contributed by atoms with Gasteiger partial charge in [0.15, 0.2) is 12.2 Å². The molecule has 6 heteroatoms. The molecule has 0 bridgehead atoms. The van der Waals surface area contributed by atoms with Crippen LogP contribution >= 0.6 is 11.6 Å². The van der Waals surface area contributed by atoms with E-state index in [-0.39, 0.29) is 11.1 Å². The van der Waals surface area contributed by atoms with Gasteiger partial charge in [0.05, 0.1) is 6.33 Å². The normalized spacial score (nSPS) is 11.5. The lowest BCUT2D eigenvalue weighted by Gasteiger charge is -1.92. The van der Waals surface area contributed by atoms with Gasteiger partial charge in [-0.2, -0.15) is 9.97 Å². The summed E-state index contributed by atoms with van der Waals surface area (Å²) in [4.78, 5) is 14.3. The van der Waals surface area contributed by atoms with Gasteiger partial charge in [0.25, 0.3) is 0 Å². The lowest BCUT2D eigenvalue weighted by atomic mass is 10.6. The zero-order chi connectivity index (χ0) is 8.55. The summed E-state index contributed by atoms with van der Waals surface area (Å²) in [6, 6.07) is 0. The van der Waals surface area contributed by atoms with Crippen molar-refractivity contribution in [3.63, 3.8) is 0 Å². The van der Waals surface area contributed by atoms with E-state index in [4.69, 9.17) is 13.0 Å². The number of halogens is 1. The molecule has 0 saturated heterocycles. The van der Waals surface area contributed by atoms with Gasteiger partial charge >= 0.3 is 0 Å². The summed E-state index contributed by atoms with van der Waals surface area (Å²) in [6.07, 6.45) is 1.47. The van der Waals surface area contributed by atoms with Crippen molar-refractivity contribution in [3.05, 3.63) is 11.5 Å². The van der Waals surface area contributed by atoms with Crippen molar-refractivity contribution >= 4 is 28.7 Å². The number of hydrogen-bond acceptors (Lipinski definition) is 4. The summed E-state index contributed by atoms with van der Waals surface area (Å²) >= 11 is 5.74. The maximum atomic E-state index is 6.80. The Labute approximate surface area is 68.1 Å². The van der Waals surface area contributed by atoms with Gasteiger partial charge in [-0.25, -0.2) is 4.98 Å². The highest BCUT2D eigenvalue weighted by Gasteiger charge is 2.04. The molecule has 0 aliphatic heterocycles. The molecule has 0 atom stereocenters. The van der Waals surface area contributed by atoms with E-state index in [0.29, 0.717) is 11.2 Å². The molecule has 0 aliphatic carbocycles. The Morgan fingerprint density at radius 1 is 1.64 bits per heavy atom. The highest BCUT2D eigenvalue weighted by atomic mass is 35.5. The third-order valence-electron chi connectivity index (χ3n) is 1.24. The van der Waals surface area contributed by atoms with Gasteiger partial charge in [-0.15, -0.1) is 0 Å². The summed E-state index contributed by atoms with van der Waals surface area (Å²) in [6.45, 7) is 0. The highest BCUT2D eigenvalue weighted by Crippen LogP contribution is 2.16. The number of nitrogens with two attached hydrogens (primary N) is 1. The van der Waals surface area contributed by atoms with Crippen LogP contribution in [0.2, 0.25) is 6.56 Å². The van der Waals surface area contributed by atoms with E-state index in [1.54, 1.807) is 0 Å². The maximum absolute atomic E-state index is 6.80. The van der Waals surface area contributed by atoms with Crippen LogP contribution in [0.3, 0.4) is 0 Å². The zero-order valence-corrected chi connectivity index (χ0v) is 6.05. The molecule has 0 spiro atoms. The third-order valence-corrected chi connectivity index (χ3v) is 1.51. The Morgan fingerprint density at radius 2 is 2.55 bits per heavy atom. The minimum absolute atomic E-state index is 0.139. The standard InChI is InChI=1S/C5H4ClN5/c6-3-2-4(9-1-8-2)11-5(7)10-3/h1H,(H3,7,8,9,10,11)/i/hT. The van der Waals surface area contributed by atoms with Crippen LogP contribution in [0.4, 0.5) is 5.95 Å².